The molecule has 0 bridgehead atoms. The summed E-state index contributed by atoms with van der Waals surface area (Å²) in [6.07, 6.45) is 1.68. The molecule has 2 N–H and O–H groups in total. The van der Waals surface area contributed by atoms with E-state index in [1.165, 1.54) is 6.92 Å². The van der Waals surface area contributed by atoms with Gasteiger partial charge in [0.05, 0.1) is 35.2 Å². The number of nitrogens with one attached hydrogen (secondary N) is 2. The van der Waals surface area contributed by atoms with Crippen molar-refractivity contribution < 1.29 is 9.59 Å². The van der Waals surface area contributed by atoms with E-state index in [2.05, 4.69) is 15.7 Å². The molecule has 29 heavy (non-hydrogen) atoms. The van der Waals surface area contributed by atoms with Gasteiger partial charge in [-0.05, 0) is 17.2 Å². The van der Waals surface area contributed by atoms with Crippen molar-refractivity contribution in [2.45, 2.75) is 25.9 Å². The van der Waals surface area contributed by atoms with E-state index in [0.717, 1.165) is 11.1 Å². The predicted molar refractivity (Wildman–Crippen MR) is 114 cm³/mol. The number of benzene rings is 2. The second-order valence-electron chi connectivity index (χ2n) is 6.50. The van der Waals surface area contributed by atoms with Crippen LogP contribution in [-0.2, 0) is 16.1 Å². The van der Waals surface area contributed by atoms with E-state index in [-0.39, 0.29) is 18.2 Å². The first kappa shape index (κ1) is 20.9. The molecule has 150 valence electrons. The summed E-state index contributed by atoms with van der Waals surface area (Å²) in [5.74, 6) is 0.0829. The Kier molecular flexibility index (Phi) is 6.90. The fourth-order valence-electron chi connectivity index (χ4n) is 2.96. The molecule has 3 aromatic rings. The maximum Gasteiger partial charge on any atom is 0.227 e. The number of nitrogens with zero attached hydrogens (tertiary/aromatic N) is 2. The third-order valence-corrected chi connectivity index (χ3v) is 5.16. The largest absolute Gasteiger partial charge is 0.349 e. The molecular weight excluding hydrogens is 411 g/mol. The van der Waals surface area contributed by atoms with Crippen LogP contribution in [0.2, 0.25) is 10.0 Å². The van der Waals surface area contributed by atoms with Crippen LogP contribution in [0.5, 0.6) is 0 Å². The van der Waals surface area contributed by atoms with Crippen molar-refractivity contribution >= 4 is 40.8 Å². The molecule has 0 radical (unpaired) electrons. The second-order valence-corrected chi connectivity index (χ2v) is 7.29. The molecule has 1 atom stereocenters. The molecule has 1 heterocycles. The zero-order valence-electron chi connectivity index (χ0n) is 15.7. The third kappa shape index (κ3) is 5.59. The summed E-state index contributed by atoms with van der Waals surface area (Å²) >= 11 is 12.3. The Morgan fingerprint density at radius 3 is 2.55 bits per heavy atom. The smallest absolute Gasteiger partial charge is 0.227 e. The lowest BCUT2D eigenvalue weighted by atomic mass is 10.0. The van der Waals surface area contributed by atoms with Gasteiger partial charge in [0, 0.05) is 13.0 Å². The average Bonchev–Trinajstić information content (AvgIpc) is 3.12. The normalized spacial score (nSPS) is 11.7. The van der Waals surface area contributed by atoms with Crippen LogP contribution in [0.15, 0.2) is 60.8 Å². The minimum absolute atomic E-state index is 0.0900. The quantitative estimate of drug-likeness (QED) is 0.581. The minimum atomic E-state index is -0.424. The van der Waals surface area contributed by atoms with Gasteiger partial charge in [0.1, 0.15) is 5.82 Å². The van der Waals surface area contributed by atoms with Gasteiger partial charge in [-0.2, -0.15) is 5.10 Å². The molecule has 6 nitrogen and oxygen atoms in total. The Morgan fingerprint density at radius 1 is 1.07 bits per heavy atom. The van der Waals surface area contributed by atoms with Gasteiger partial charge < -0.3 is 10.6 Å². The van der Waals surface area contributed by atoms with Crippen LogP contribution in [0.1, 0.15) is 30.5 Å². The molecule has 2 amide bonds. The van der Waals surface area contributed by atoms with Crippen LogP contribution in [0.25, 0.3) is 0 Å². The number of carbonyl (C=O) groups excluding carboxylic acids is 2. The minimum Gasteiger partial charge on any atom is -0.349 e. The molecular formula is C21H20Cl2N4O2. The summed E-state index contributed by atoms with van der Waals surface area (Å²) < 4.78 is 1.63. The summed E-state index contributed by atoms with van der Waals surface area (Å²) in [6.45, 7) is 1.79. The van der Waals surface area contributed by atoms with Crippen LogP contribution in [-0.4, -0.2) is 21.6 Å². The van der Waals surface area contributed by atoms with Gasteiger partial charge in [0.2, 0.25) is 11.8 Å². The summed E-state index contributed by atoms with van der Waals surface area (Å²) in [4.78, 5) is 24.2. The number of rotatable bonds is 7. The Morgan fingerprint density at radius 2 is 1.83 bits per heavy atom. The number of aromatic nitrogens is 2. The Bertz CT molecular complexity index is 1000. The molecule has 0 aliphatic carbocycles. The first-order valence-electron chi connectivity index (χ1n) is 9.00. The van der Waals surface area contributed by atoms with E-state index >= 15 is 0 Å². The summed E-state index contributed by atoms with van der Waals surface area (Å²) in [5.41, 5.74) is 1.65. The highest BCUT2D eigenvalue weighted by atomic mass is 35.5. The van der Waals surface area contributed by atoms with Crippen molar-refractivity contribution in [1.82, 2.24) is 15.1 Å². The molecule has 0 aliphatic rings. The van der Waals surface area contributed by atoms with E-state index in [1.807, 2.05) is 42.5 Å². The number of anilines is 1. The van der Waals surface area contributed by atoms with Gasteiger partial charge in [-0.25, -0.2) is 4.68 Å². The first-order valence-corrected chi connectivity index (χ1v) is 9.76. The molecule has 0 saturated carbocycles. The van der Waals surface area contributed by atoms with Crippen molar-refractivity contribution in [3.05, 3.63) is 82.0 Å². The van der Waals surface area contributed by atoms with Crippen LogP contribution < -0.4 is 10.6 Å². The van der Waals surface area contributed by atoms with Crippen LogP contribution in [0.4, 0.5) is 5.82 Å². The predicted octanol–water partition coefficient (Wildman–Crippen LogP) is 4.44. The highest BCUT2D eigenvalue weighted by Crippen LogP contribution is 2.27. The number of halogens is 2. The lowest BCUT2D eigenvalue weighted by Gasteiger charge is -2.18. The molecule has 2 aromatic carbocycles. The zero-order chi connectivity index (χ0) is 20.8. The van der Waals surface area contributed by atoms with Gasteiger partial charge in [-0.3, -0.25) is 9.59 Å². The summed E-state index contributed by atoms with van der Waals surface area (Å²) in [5, 5.41) is 10.8. The maximum absolute atomic E-state index is 12.7. The number of carbonyl (C=O) groups is 2. The first-order chi connectivity index (χ1) is 13.9. The van der Waals surface area contributed by atoms with Crippen LogP contribution in [0, 0.1) is 0 Å². The SMILES string of the molecule is CC(=O)NC(CC(=O)Nc1ccnn1Cc1cccc(Cl)c1Cl)c1ccccc1. The Labute approximate surface area is 178 Å². The summed E-state index contributed by atoms with van der Waals surface area (Å²) in [6, 6.07) is 16.0. The van der Waals surface area contributed by atoms with Crippen molar-refractivity contribution in [3.63, 3.8) is 0 Å². The average molecular weight is 431 g/mol. The standard InChI is InChI=1S/C21H20Cl2N4O2/c1-14(28)25-18(15-6-3-2-4-7-15)12-20(29)26-19-10-11-24-27(19)13-16-8-5-9-17(22)21(16)23/h2-11,18H,12-13H2,1H3,(H,25,28)(H,26,29). The van der Waals surface area contributed by atoms with Gasteiger partial charge >= 0.3 is 0 Å². The molecule has 3 rings (SSSR count). The van der Waals surface area contributed by atoms with Gasteiger partial charge in [0.15, 0.2) is 0 Å². The molecule has 0 aliphatic heterocycles. The Hall–Kier alpha value is -2.83. The highest BCUT2D eigenvalue weighted by Gasteiger charge is 2.18. The fraction of sp³-hybridized carbons (Fsp3) is 0.190. The van der Waals surface area contributed by atoms with Crippen LogP contribution in [0.3, 0.4) is 0 Å². The van der Waals surface area contributed by atoms with E-state index < -0.39 is 6.04 Å². The van der Waals surface area contributed by atoms with Gasteiger partial charge in [0.25, 0.3) is 0 Å². The second kappa shape index (κ2) is 9.58. The molecule has 1 unspecified atom stereocenters. The van der Waals surface area contributed by atoms with Crippen molar-refractivity contribution in [3.8, 4) is 0 Å². The van der Waals surface area contributed by atoms with E-state index in [0.29, 0.717) is 22.4 Å². The Balaban J connectivity index is 1.71. The molecule has 0 fully saturated rings. The topological polar surface area (TPSA) is 76.0 Å². The molecule has 0 spiro atoms. The number of amides is 2. The third-order valence-electron chi connectivity index (χ3n) is 4.30. The van der Waals surface area contributed by atoms with Crippen LogP contribution >= 0.6 is 23.2 Å². The van der Waals surface area contributed by atoms with Crippen molar-refractivity contribution in [2.24, 2.45) is 0 Å². The van der Waals surface area contributed by atoms with Gasteiger partial charge in [-0.15, -0.1) is 0 Å². The molecule has 0 saturated heterocycles. The monoisotopic (exact) mass is 430 g/mol. The van der Waals surface area contributed by atoms with E-state index in [1.54, 1.807) is 23.0 Å². The van der Waals surface area contributed by atoms with Crippen molar-refractivity contribution in [2.75, 3.05) is 5.32 Å². The van der Waals surface area contributed by atoms with Gasteiger partial charge in [-0.1, -0.05) is 65.7 Å². The van der Waals surface area contributed by atoms with Crippen molar-refractivity contribution in [1.29, 1.82) is 0 Å². The van der Waals surface area contributed by atoms with E-state index in [4.69, 9.17) is 23.2 Å². The number of hydrogen-bond donors (Lipinski definition) is 2. The lowest BCUT2D eigenvalue weighted by molar-refractivity contribution is -0.120. The summed E-state index contributed by atoms with van der Waals surface area (Å²) in [7, 11) is 0. The zero-order valence-corrected chi connectivity index (χ0v) is 17.2. The highest BCUT2D eigenvalue weighted by molar-refractivity contribution is 6.42. The fourth-order valence-corrected chi connectivity index (χ4v) is 3.34. The molecule has 8 heteroatoms. The number of hydrogen-bond acceptors (Lipinski definition) is 3. The maximum atomic E-state index is 12.7. The van der Waals surface area contributed by atoms with E-state index in [9.17, 15) is 9.59 Å². The lowest BCUT2D eigenvalue weighted by Crippen LogP contribution is -2.30. The molecule has 1 aromatic heterocycles.